The smallest absolute Gasteiger partial charge is 0.261 e. The van der Waals surface area contributed by atoms with Gasteiger partial charge in [0.05, 0.1) is 10.3 Å². The van der Waals surface area contributed by atoms with Gasteiger partial charge < -0.3 is 15.1 Å². The summed E-state index contributed by atoms with van der Waals surface area (Å²) >= 11 is 1.46. The molecular formula is C21H26N6OS. The molecule has 0 bridgehead atoms. The summed E-state index contributed by atoms with van der Waals surface area (Å²) in [6, 6.07) is 6.00. The molecule has 0 atom stereocenters. The Hall–Kier alpha value is -2.74. The van der Waals surface area contributed by atoms with Crippen molar-refractivity contribution in [3.8, 4) is 0 Å². The maximum atomic E-state index is 12.6. The lowest BCUT2D eigenvalue weighted by molar-refractivity contribution is 0.0956. The number of thiophene rings is 1. The van der Waals surface area contributed by atoms with Crippen LogP contribution in [0.25, 0.3) is 10.2 Å². The van der Waals surface area contributed by atoms with Gasteiger partial charge in [-0.1, -0.05) is 19.4 Å². The SMILES string of the molecule is CCCCNC(=O)c1sc2ncnc(N3CCN(c4ccccn4)CC3)c2c1C. The average molecular weight is 411 g/mol. The molecule has 1 amide bonds. The first-order valence-corrected chi connectivity index (χ1v) is 10.9. The van der Waals surface area contributed by atoms with Crippen LogP contribution in [-0.4, -0.2) is 53.6 Å². The number of carbonyl (C=O) groups excluding carboxylic acids is 1. The van der Waals surface area contributed by atoms with Gasteiger partial charge >= 0.3 is 0 Å². The number of pyridine rings is 1. The van der Waals surface area contributed by atoms with E-state index in [1.165, 1.54) is 11.3 Å². The highest BCUT2D eigenvalue weighted by atomic mass is 32.1. The Labute approximate surface area is 174 Å². The topological polar surface area (TPSA) is 74.2 Å². The van der Waals surface area contributed by atoms with Gasteiger partial charge in [-0.15, -0.1) is 11.3 Å². The van der Waals surface area contributed by atoms with Gasteiger partial charge in [0.2, 0.25) is 0 Å². The number of rotatable bonds is 6. The number of nitrogens with zero attached hydrogens (tertiary/aromatic N) is 5. The van der Waals surface area contributed by atoms with E-state index in [9.17, 15) is 4.79 Å². The van der Waals surface area contributed by atoms with Crippen LogP contribution in [0.1, 0.15) is 35.0 Å². The lowest BCUT2D eigenvalue weighted by Crippen LogP contribution is -2.47. The minimum Gasteiger partial charge on any atom is -0.353 e. The number of aromatic nitrogens is 3. The molecule has 3 aromatic heterocycles. The minimum atomic E-state index is -0.00938. The first kappa shape index (κ1) is 19.6. The van der Waals surface area contributed by atoms with Crippen LogP contribution in [0.2, 0.25) is 0 Å². The molecule has 152 valence electrons. The molecular weight excluding hydrogens is 384 g/mol. The molecule has 0 saturated carbocycles. The van der Waals surface area contributed by atoms with E-state index < -0.39 is 0 Å². The Kier molecular flexibility index (Phi) is 5.89. The van der Waals surface area contributed by atoms with Gasteiger partial charge in [-0.05, 0) is 31.0 Å². The fourth-order valence-corrected chi connectivity index (χ4v) is 4.72. The molecule has 4 heterocycles. The van der Waals surface area contributed by atoms with Crippen LogP contribution in [0.15, 0.2) is 30.7 Å². The number of aryl methyl sites for hydroxylation is 1. The number of nitrogens with one attached hydrogen (secondary N) is 1. The van der Waals surface area contributed by atoms with Gasteiger partial charge in [-0.2, -0.15) is 0 Å². The van der Waals surface area contributed by atoms with Crippen molar-refractivity contribution in [1.82, 2.24) is 20.3 Å². The predicted molar refractivity (Wildman–Crippen MR) is 118 cm³/mol. The fraction of sp³-hybridized carbons (Fsp3) is 0.429. The standard InChI is InChI=1S/C21H26N6OS/c1-3-4-8-23-20(28)18-15(2)17-19(24-14-25-21(17)29-18)27-12-10-26(11-13-27)16-7-5-6-9-22-16/h5-7,9,14H,3-4,8,10-13H2,1-2H3,(H,23,28). The summed E-state index contributed by atoms with van der Waals surface area (Å²) in [4.78, 5) is 32.3. The molecule has 1 aliphatic rings. The van der Waals surface area contributed by atoms with Crippen molar-refractivity contribution in [2.24, 2.45) is 0 Å². The summed E-state index contributed by atoms with van der Waals surface area (Å²) in [6.07, 6.45) is 5.49. The Balaban J connectivity index is 1.55. The van der Waals surface area contributed by atoms with E-state index in [4.69, 9.17) is 0 Å². The summed E-state index contributed by atoms with van der Waals surface area (Å²) in [5.74, 6) is 1.93. The number of carbonyl (C=O) groups is 1. The second-order valence-electron chi connectivity index (χ2n) is 7.21. The van der Waals surface area contributed by atoms with Crippen molar-refractivity contribution in [1.29, 1.82) is 0 Å². The molecule has 3 aromatic rings. The zero-order valence-electron chi connectivity index (χ0n) is 16.9. The van der Waals surface area contributed by atoms with Gasteiger partial charge in [-0.25, -0.2) is 15.0 Å². The van der Waals surface area contributed by atoms with Gasteiger partial charge in [0.25, 0.3) is 5.91 Å². The molecule has 7 nitrogen and oxygen atoms in total. The van der Waals surface area contributed by atoms with Crippen LogP contribution in [0.3, 0.4) is 0 Å². The first-order chi connectivity index (χ1) is 14.2. The predicted octanol–water partition coefficient (Wildman–Crippen LogP) is 3.25. The molecule has 0 unspecified atom stereocenters. The zero-order chi connectivity index (χ0) is 20.2. The van der Waals surface area contributed by atoms with Crippen LogP contribution in [0.4, 0.5) is 11.6 Å². The Morgan fingerprint density at radius 2 is 1.93 bits per heavy atom. The summed E-state index contributed by atoms with van der Waals surface area (Å²) < 4.78 is 0. The number of hydrogen-bond acceptors (Lipinski definition) is 7. The van der Waals surface area contributed by atoms with Crippen LogP contribution < -0.4 is 15.1 Å². The van der Waals surface area contributed by atoms with E-state index in [0.717, 1.165) is 71.3 Å². The van der Waals surface area contributed by atoms with Crippen molar-refractivity contribution in [3.63, 3.8) is 0 Å². The monoisotopic (exact) mass is 410 g/mol. The van der Waals surface area contributed by atoms with E-state index in [-0.39, 0.29) is 5.91 Å². The highest BCUT2D eigenvalue weighted by molar-refractivity contribution is 7.20. The summed E-state index contributed by atoms with van der Waals surface area (Å²) in [5.41, 5.74) is 0.974. The van der Waals surface area contributed by atoms with Crippen LogP contribution in [0, 0.1) is 6.92 Å². The number of unbranched alkanes of at least 4 members (excludes halogenated alkanes) is 1. The molecule has 29 heavy (non-hydrogen) atoms. The number of fused-ring (bicyclic) bond motifs is 1. The lowest BCUT2D eigenvalue weighted by Gasteiger charge is -2.36. The van der Waals surface area contributed by atoms with E-state index in [1.54, 1.807) is 6.33 Å². The van der Waals surface area contributed by atoms with Crippen molar-refractivity contribution >= 4 is 39.1 Å². The molecule has 0 aliphatic carbocycles. The van der Waals surface area contributed by atoms with Crippen molar-refractivity contribution < 1.29 is 4.79 Å². The Morgan fingerprint density at radius 1 is 1.14 bits per heavy atom. The summed E-state index contributed by atoms with van der Waals surface area (Å²) in [5, 5.41) is 4.02. The molecule has 1 saturated heterocycles. The van der Waals surface area contributed by atoms with Crippen LogP contribution in [-0.2, 0) is 0 Å². The van der Waals surface area contributed by atoms with E-state index in [0.29, 0.717) is 6.54 Å². The summed E-state index contributed by atoms with van der Waals surface area (Å²) in [7, 11) is 0. The van der Waals surface area contributed by atoms with E-state index in [1.807, 2.05) is 31.3 Å². The van der Waals surface area contributed by atoms with Crippen molar-refractivity contribution in [2.45, 2.75) is 26.7 Å². The molecule has 0 radical (unpaired) electrons. The Bertz CT molecular complexity index is 982. The number of piperazine rings is 1. The second kappa shape index (κ2) is 8.73. The molecule has 4 rings (SSSR count). The Morgan fingerprint density at radius 3 is 2.66 bits per heavy atom. The van der Waals surface area contributed by atoms with E-state index in [2.05, 4.69) is 37.0 Å². The second-order valence-corrected chi connectivity index (χ2v) is 8.20. The molecule has 0 aromatic carbocycles. The number of amides is 1. The summed E-state index contributed by atoms with van der Waals surface area (Å²) in [6.45, 7) is 8.31. The third kappa shape index (κ3) is 4.03. The maximum absolute atomic E-state index is 12.6. The maximum Gasteiger partial charge on any atom is 0.261 e. The zero-order valence-corrected chi connectivity index (χ0v) is 17.7. The van der Waals surface area contributed by atoms with Crippen molar-refractivity contribution in [3.05, 3.63) is 41.2 Å². The minimum absolute atomic E-state index is 0.00938. The van der Waals surface area contributed by atoms with Crippen LogP contribution >= 0.6 is 11.3 Å². The largest absolute Gasteiger partial charge is 0.353 e. The van der Waals surface area contributed by atoms with Gasteiger partial charge in [0.1, 0.15) is 22.8 Å². The van der Waals surface area contributed by atoms with Gasteiger partial charge in [-0.3, -0.25) is 4.79 Å². The third-order valence-corrected chi connectivity index (χ3v) is 6.48. The molecule has 8 heteroatoms. The first-order valence-electron chi connectivity index (χ1n) is 10.1. The van der Waals surface area contributed by atoms with Crippen LogP contribution in [0.5, 0.6) is 0 Å². The quantitative estimate of drug-likeness (QED) is 0.629. The number of anilines is 2. The highest BCUT2D eigenvalue weighted by Crippen LogP contribution is 2.35. The third-order valence-electron chi connectivity index (χ3n) is 5.28. The highest BCUT2D eigenvalue weighted by Gasteiger charge is 2.24. The molecule has 0 spiro atoms. The van der Waals surface area contributed by atoms with Crippen molar-refractivity contribution in [2.75, 3.05) is 42.5 Å². The molecule has 1 aliphatic heterocycles. The fourth-order valence-electron chi connectivity index (χ4n) is 3.66. The van der Waals surface area contributed by atoms with Gasteiger partial charge in [0.15, 0.2) is 0 Å². The molecule has 1 N–H and O–H groups in total. The lowest BCUT2D eigenvalue weighted by atomic mass is 10.1. The average Bonchev–Trinajstić information content (AvgIpc) is 3.11. The van der Waals surface area contributed by atoms with Gasteiger partial charge in [0, 0.05) is 38.9 Å². The normalized spacial score (nSPS) is 14.4. The van der Waals surface area contributed by atoms with E-state index >= 15 is 0 Å². The molecule has 1 fully saturated rings. The number of hydrogen-bond donors (Lipinski definition) is 1.